The molecule has 0 saturated carbocycles. The van der Waals surface area contributed by atoms with Crippen LogP contribution in [0.15, 0.2) is 53.6 Å². The number of aromatic nitrogens is 2. The van der Waals surface area contributed by atoms with Gasteiger partial charge in [0, 0.05) is 0 Å². The third kappa shape index (κ3) is 4.53. The first-order chi connectivity index (χ1) is 12.9. The Hall–Kier alpha value is -3.15. The maximum absolute atomic E-state index is 12.3. The molecule has 0 spiro atoms. The molecule has 0 fully saturated rings. The van der Waals surface area contributed by atoms with Crippen molar-refractivity contribution in [2.45, 2.75) is 40.3 Å². The monoisotopic (exact) mass is 364 g/mol. The summed E-state index contributed by atoms with van der Waals surface area (Å²) in [5.41, 5.74) is 6.10. The van der Waals surface area contributed by atoms with Crippen LogP contribution in [0.4, 0.5) is 0 Å². The number of aryl methyl sites for hydroxylation is 1. The minimum atomic E-state index is -0.194. The molecule has 3 rings (SSSR count). The molecule has 0 atom stereocenters. The van der Waals surface area contributed by atoms with Crippen molar-refractivity contribution in [3.05, 3.63) is 59.9 Å². The van der Waals surface area contributed by atoms with E-state index in [9.17, 15) is 4.79 Å². The van der Waals surface area contributed by atoms with Gasteiger partial charge in [0.1, 0.15) is 18.1 Å². The fourth-order valence-corrected chi connectivity index (χ4v) is 2.83. The Bertz CT molecular complexity index is 972. The third-order valence-electron chi connectivity index (χ3n) is 4.14. The summed E-state index contributed by atoms with van der Waals surface area (Å²) in [5.74, 6) is 1.42. The Balaban J connectivity index is 1.66. The molecular formula is C21H24N4O2. The summed E-state index contributed by atoms with van der Waals surface area (Å²) in [4.78, 5) is 16.8. The van der Waals surface area contributed by atoms with Crippen LogP contribution < -0.4 is 10.2 Å². The molecule has 0 bridgehead atoms. The van der Waals surface area contributed by atoms with Crippen LogP contribution in [-0.4, -0.2) is 27.3 Å². The number of fused-ring (bicyclic) bond motifs is 1. The minimum absolute atomic E-state index is 0.132. The summed E-state index contributed by atoms with van der Waals surface area (Å²) in [6, 6.07) is 15.4. The minimum Gasteiger partial charge on any atom is -0.491 e. The zero-order valence-corrected chi connectivity index (χ0v) is 16.1. The maximum atomic E-state index is 12.3. The van der Waals surface area contributed by atoms with Crippen LogP contribution in [0.25, 0.3) is 11.0 Å². The van der Waals surface area contributed by atoms with Crippen molar-refractivity contribution < 1.29 is 9.53 Å². The Labute approximate surface area is 158 Å². The zero-order valence-electron chi connectivity index (χ0n) is 16.1. The number of para-hydroxylation sites is 2. The Kier molecular flexibility index (Phi) is 5.54. The van der Waals surface area contributed by atoms with Crippen molar-refractivity contribution >= 4 is 22.7 Å². The summed E-state index contributed by atoms with van der Waals surface area (Å²) in [6.45, 7) is 7.89. The molecule has 0 aliphatic rings. The van der Waals surface area contributed by atoms with E-state index in [1.165, 1.54) is 0 Å². The number of imidazole rings is 1. The molecule has 0 radical (unpaired) electrons. The van der Waals surface area contributed by atoms with Gasteiger partial charge in [0.15, 0.2) is 0 Å². The smallest absolute Gasteiger partial charge is 0.260 e. The molecule has 0 saturated heterocycles. The van der Waals surface area contributed by atoms with Crippen LogP contribution in [0.1, 0.15) is 32.2 Å². The predicted octanol–water partition coefficient (Wildman–Crippen LogP) is 3.67. The van der Waals surface area contributed by atoms with E-state index >= 15 is 0 Å². The number of carbonyl (C=O) groups is 1. The topological polar surface area (TPSA) is 68.5 Å². The average molecular weight is 364 g/mol. The highest BCUT2D eigenvalue weighted by molar-refractivity contribution is 5.99. The lowest BCUT2D eigenvalue weighted by atomic mass is 10.1. The van der Waals surface area contributed by atoms with Gasteiger partial charge in [-0.2, -0.15) is 5.10 Å². The van der Waals surface area contributed by atoms with Crippen LogP contribution in [0.3, 0.4) is 0 Å². The summed E-state index contributed by atoms with van der Waals surface area (Å²) < 4.78 is 7.52. The summed E-state index contributed by atoms with van der Waals surface area (Å²) in [5, 5.41) is 4.22. The lowest BCUT2D eigenvalue weighted by molar-refractivity contribution is -0.121. The molecule has 1 N–H and O–H groups in total. The second kappa shape index (κ2) is 8.03. The molecule has 3 aromatic rings. The molecule has 0 unspecified atom stereocenters. The van der Waals surface area contributed by atoms with Gasteiger partial charge in [-0.25, -0.2) is 10.4 Å². The van der Waals surface area contributed by atoms with Gasteiger partial charge in [-0.05, 0) is 69.7 Å². The lowest BCUT2D eigenvalue weighted by Crippen LogP contribution is -2.24. The van der Waals surface area contributed by atoms with Gasteiger partial charge in [0.05, 0.1) is 22.8 Å². The predicted molar refractivity (Wildman–Crippen MR) is 107 cm³/mol. The van der Waals surface area contributed by atoms with E-state index in [1.54, 1.807) is 0 Å². The second-order valence-corrected chi connectivity index (χ2v) is 6.66. The average Bonchev–Trinajstić information content (AvgIpc) is 2.95. The molecule has 1 amide bonds. The van der Waals surface area contributed by atoms with E-state index in [0.29, 0.717) is 0 Å². The zero-order chi connectivity index (χ0) is 19.4. The fourth-order valence-electron chi connectivity index (χ4n) is 2.83. The molecule has 6 heteroatoms. The van der Waals surface area contributed by atoms with Crippen LogP contribution in [0, 0.1) is 6.92 Å². The van der Waals surface area contributed by atoms with Crippen LogP contribution in [-0.2, 0) is 11.3 Å². The molecule has 1 heterocycles. The van der Waals surface area contributed by atoms with Gasteiger partial charge < -0.3 is 9.30 Å². The van der Waals surface area contributed by atoms with E-state index in [4.69, 9.17) is 4.74 Å². The SMILES string of the molecule is C/C(=N/NC(=O)Cn1c(C)nc2ccccc21)c1ccc(OC(C)C)cc1. The number of amides is 1. The van der Waals surface area contributed by atoms with Crippen molar-refractivity contribution in [2.75, 3.05) is 0 Å². The van der Waals surface area contributed by atoms with Gasteiger partial charge >= 0.3 is 0 Å². The van der Waals surface area contributed by atoms with E-state index < -0.39 is 0 Å². The molecular weight excluding hydrogens is 340 g/mol. The fraction of sp³-hybridized carbons (Fsp3) is 0.286. The second-order valence-electron chi connectivity index (χ2n) is 6.66. The quantitative estimate of drug-likeness (QED) is 0.536. The van der Waals surface area contributed by atoms with Gasteiger partial charge in [0.2, 0.25) is 0 Å². The summed E-state index contributed by atoms with van der Waals surface area (Å²) in [7, 11) is 0. The first-order valence-corrected chi connectivity index (χ1v) is 8.96. The van der Waals surface area contributed by atoms with Gasteiger partial charge in [0.25, 0.3) is 5.91 Å². The van der Waals surface area contributed by atoms with E-state index in [1.807, 2.05) is 80.8 Å². The normalized spacial score (nSPS) is 11.8. The molecule has 0 aliphatic heterocycles. The molecule has 140 valence electrons. The van der Waals surface area contributed by atoms with Crippen molar-refractivity contribution in [3.63, 3.8) is 0 Å². The van der Waals surface area contributed by atoms with Crippen molar-refractivity contribution in [3.8, 4) is 5.75 Å². The maximum Gasteiger partial charge on any atom is 0.260 e. The largest absolute Gasteiger partial charge is 0.491 e. The number of benzene rings is 2. The van der Waals surface area contributed by atoms with Crippen molar-refractivity contribution in [1.29, 1.82) is 0 Å². The van der Waals surface area contributed by atoms with Crippen LogP contribution >= 0.6 is 0 Å². The number of carbonyl (C=O) groups excluding carboxylic acids is 1. The highest BCUT2D eigenvalue weighted by Gasteiger charge is 2.10. The highest BCUT2D eigenvalue weighted by Crippen LogP contribution is 2.16. The van der Waals surface area contributed by atoms with Gasteiger partial charge in [-0.1, -0.05) is 12.1 Å². The third-order valence-corrected chi connectivity index (χ3v) is 4.14. The van der Waals surface area contributed by atoms with Crippen molar-refractivity contribution in [2.24, 2.45) is 5.10 Å². The molecule has 2 aromatic carbocycles. The molecule has 0 aliphatic carbocycles. The standard InChI is InChI=1S/C21H24N4O2/c1-14(2)27-18-11-9-17(10-12-18)15(3)23-24-21(26)13-25-16(4)22-19-7-5-6-8-20(19)25/h5-12,14H,13H2,1-4H3,(H,24,26)/b23-15-. The van der Waals surface area contributed by atoms with Crippen LogP contribution in [0.5, 0.6) is 5.75 Å². The molecule has 6 nitrogen and oxygen atoms in total. The molecule has 27 heavy (non-hydrogen) atoms. The highest BCUT2D eigenvalue weighted by atomic mass is 16.5. The van der Waals surface area contributed by atoms with Gasteiger partial charge in [-0.3, -0.25) is 4.79 Å². The number of ether oxygens (including phenoxy) is 1. The van der Waals surface area contributed by atoms with E-state index in [0.717, 1.165) is 33.9 Å². The van der Waals surface area contributed by atoms with Crippen molar-refractivity contribution in [1.82, 2.24) is 15.0 Å². The number of rotatable bonds is 6. The van der Waals surface area contributed by atoms with Crippen LogP contribution in [0.2, 0.25) is 0 Å². The number of nitrogens with one attached hydrogen (secondary N) is 1. The first kappa shape index (κ1) is 18.6. The number of hydrazone groups is 1. The number of hydrogen-bond acceptors (Lipinski definition) is 4. The lowest BCUT2D eigenvalue weighted by Gasteiger charge is -2.10. The number of nitrogens with zero attached hydrogens (tertiary/aromatic N) is 3. The van der Waals surface area contributed by atoms with Gasteiger partial charge in [-0.15, -0.1) is 0 Å². The van der Waals surface area contributed by atoms with E-state index in [2.05, 4.69) is 15.5 Å². The number of hydrogen-bond donors (Lipinski definition) is 1. The Morgan fingerprint density at radius 2 is 1.89 bits per heavy atom. The van der Waals surface area contributed by atoms with E-state index in [-0.39, 0.29) is 18.6 Å². The molecule has 1 aromatic heterocycles. The first-order valence-electron chi connectivity index (χ1n) is 8.96. The summed E-state index contributed by atoms with van der Waals surface area (Å²) >= 11 is 0. The Morgan fingerprint density at radius 3 is 2.59 bits per heavy atom. The summed E-state index contributed by atoms with van der Waals surface area (Å²) in [6.07, 6.45) is 0.132. The Morgan fingerprint density at radius 1 is 1.19 bits per heavy atom.